The first-order chi connectivity index (χ1) is 16.3. The fourth-order valence-corrected chi connectivity index (χ4v) is 2.30. The predicted octanol–water partition coefficient (Wildman–Crippen LogP) is 3.15. The van der Waals surface area contributed by atoms with E-state index in [2.05, 4.69) is 19.7 Å². The molecule has 0 saturated carbocycles. The highest BCUT2D eigenvalue weighted by Crippen LogP contribution is 2.09. The summed E-state index contributed by atoms with van der Waals surface area (Å²) in [5.41, 5.74) is 0.244. The Hall–Kier alpha value is -3.30. The largest absolute Gasteiger partial charge is 0.502 e. The first kappa shape index (κ1) is 30.7. The Morgan fingerprint density at radius 2 is 1.26 bits per heavy atom. The third kappa shape index (κ3) is 17.3. The van der Waals surface area contributed by atoms with Crippen molar-refractivity contribution in [2.24, 2.45) is 0 Å². The van der Waals surface area contributed by atoms with E-state index in [0.717, 1.165) is 0 Å². The van der Waals surface area contributed by atoms with E-state index in [-0.39, 0.29) is 38.2 Å². The zero-order chi connectivity index (χ0) is 25.6. The summed E-state index contributed by atoms with van der Waals surface area (Å²) < 4.78 is 30.2. The minimum Gasteiger partial charge on any atom is -0.502 e. The summed E-state index contributed by atoms with van der Waals surface area (Å²) in [6.07, 6.45) is 3.16. The molecule has 0 heterocycles. The number of hydrogen-bond acceptors (Lipinski definition) is 10. The fraction of sp³-hybridized carbons (Fsp3) is 0.583. The van der Waals surface area contributed by atoms with Crippen molar-refractivity contribution in [3.05, 3.63) is 37.8 Å². The van der Waals surface area contributed by atoms with Crippen molar-refractivity contribution < 1.29 is 47.6 Å². The van der Waals surface area contributed by atoms with Crippen LogP contribution in [0.25, 0.3) is 0 Å². The van der Waals surface area contributed by atoms with Gasteiger partial charge in [0.2, 0.25) is 6.10 Å². The monoisotopic (exact) mass is 484 g/mol. The van der Waals surface area contributed by atoms with E-state index < -0.39 is 36.4 Å². The third-order valence-corrected chi connectivity index (χ3v) is 4.05. The topological polar surface area (TPSA) is 124 Å². The van der Waals surface area contributed by atoms with Gasteiger partial charge in [0, 0.05) is 12.0 Å². The summed E-state index contributed by atoms with van der Waals surface area (Å²) in [6, 6.07) is 0. The van der Waals surface area contributed by atoms with E-state index in [0.29, 0.717) is 38.9 Å². The normalized spacial score (nSPS) is 10.9. The molecule has 0 radical (unpaired) electrons. The van der Waals surface area contributed by atoms with Gasteiger partial charge in [-0.25, -0.2) is 9.59 Å². The molecule has 0 aliphatic carbocycles. The van der Waals surface area contributed by atoms with E-state index >= 15 is 0 Å². The summed E-state index contributed by atoms with van der Waals surface area (Å²) in [5, 5.41) is 0. The summed E-state index contributed by atoms with van der Waals surface area (Å²) in [6.45, 7) is 12.9. The molecule has 0 fully saturated rings. The third-order valence-electron chi connectivity index (χ3n) is 4.05. The molecule has 10 nitrogen and oxygen atoms in total. The van der Waals surface area contributed by atoms with Crippen LogP contribution in [-0.4, -0.2) is 63.0 Å². The number of carbonyl (C=O) groups excluding carboxylic acids is 4. The lowest BCUT2D eigenvalue weighted by atomic mass is 10.2. The zero-order valence-electron chi connectivity index (χ0n) is 19.9. The molecule has 0 saturated heterocycles. The molecule has 0 aromatic carbocycles. The molecule has 0 aromatic rings. The van der Waals surface area contributed by atoms with E-state index in [1.165, 1.54) is 19.4 Å². The average Bonchev–Trinajstić information content (AvgIpc) is 2.80. The molecule has 34 heavy (non-hydrogen) atoms. The Morgan fingerprint density at radius 3 is 1.82 bits per heavy atom. The average molecular weight is 485 g/mol. The quantitative estimate of drug-likeness (QED) is 0.0789. The number of esters is 4. The van der Waals surface area contributed by atoms with Crippen LogP contribution in [0.2, 0.25) is 0 Å². The number of hydrogen-bond donors (Lipinski definition) is 0. The first-order valence-electron chi connectivity index (χ1n) is 11.1. The summed E-state index contributed by atoms with van der Waals surface area (Å²) in [7, 11) is 0. The van der Waals surface area contributed by atoms with Crippen molar-refractivity contribution in [3.63, 3.8) is 0 Å². The smallest absolute Gasteiger partial charge is 0.348 e. The van der Waals surface area contributed by atoms with E-state index in [1.807, 2.05) is 0 Å². The summed E-state index contributed by atoms with van der Waals surface area (Å²) >= 11 is 0. The number of rotatable bonds is 21. The van der Waals surface area contributed by atoms with Gasteiger partial charge in [-0.05, 0) is 39.0 Å². The highest BCUT2D eigenvalue weighted by Gasteiger charge is 2.28. The second kappa shape index (κ2) is 20.3. The van der Waals surface area contributed by atoms with Crippen LogP contribution in [0.1, 0.15) is 51.9 Å². The lowest BCUT2D eigenvalue weighted by Gasteiger charge is -2.16. The van der Waals surface area contributed by atoms with Crippen LogP contribution in [0.3, 0.4) is 0 Å². The molecule has 0 aliphatic rings. The van der Waals surface area contributed by atoms with Crippen molar-refractivity contribution in [2.45, 2.75) is 58.0 Å². The van der Waals surface area contributed by atoms with Gasteiger partial charge in [0.15, 0.2) is 0 Å². The lowest BCUT2D eigenvalue weighted by molar-refractivity contribution is -0.172. The van der Waals surface area contributed by atoms with Gasteiger partial charge in [-0.15, -0.1) is 0 Å². The second-order valence-corrected chi connectivity index (χ2v) is 7.08. The van der Waals surface area contributed by atoms with Crippen LogP contribution < -0.4 is 0 Å². The zero-order valence-corrected chi connectivity index (χ0v) is 19.9. The van der Waals surface area contributed by atoms with Gasteiger partial charge in [-0.3, -0.25) is 9.59 Å². The van der Waals surface area contributed by atoms with Gasteiger partial charge >= 0.3 is 23.9 Å². The number of ether oxygens (including phenoxy) is 6. The second-order valence-electron chi connectivity index (χ2n) is 7.08. The van der Waals surface area contributed by atoms with Gasteiger partial charge in [0.25, 0.3) is 0 Å². The van der Waals surface area contributed by atoms with Gasteiger partial charge in [-0.1, -0.05) is 19.7 Å². The summed E-state index contributed by atoms with van der Waals surface area (Å²) in [5.74, 6) is -2.84. The van der Waals surface area contributed by atoms with Crippen LogP contribution in [0.5, 0.6) is 0 Å². The fourth-order valence-electron chi connectivity index (χ4n) is 2.30. The Morgan fingerprint density at radius 1 is 0.735 bits per heavy atom. The van der Waals surface area contributed by atoms with Crippen molar-refractivity contribution >= 4 is 23.9 Å². The highest BCUT2D eigenvalue weighted by atomic mass is 16.6. The Labute approximate surface area is 200 Å². The molecule has 0 aliphatic heterocycles. The van der Waals surface area contributed by atoms with Crippen LogP contribution in [0, 0.1) is 0 Å². The highest BCUT2D eigenvalue weighted by molar-refractivity contribution is 5.87. The SMILES string of the molecule is C=COCCCCOC(=O)CC(OC(=O)CCCOC(=O)C(=C)C)C(=O)OCCCCOC=C. The van der Waals surface area contributed by atoms with Gasteiger partial charge in [-0.2, -0.15) is 0 Å². The van der Waals surface area contributed by atoms with Gasteiger partial charge in [0.1, 0.15) is 0 Å². The van der Waals surface area contributed by atoms with E-state index in [1.54, 1.807) is 0 Å². The molecule has 192 valence electrons. The minimum absolute atomic E-state index is 0.0136. The molecule has 0 rings (SSSR count). The van der Waals surface area contributed by atoms with Gasteiger partial charge in [0.05, 0.1) is 52.0 Å². The van der Waals surface area contributed by atoms with Crippen molar-refractivity contribution in [3.8, 4) is 0 Å². The molecule has 0 amide bonds. The minimum atomic E-state index is -1.44. The van der Waals surface area contributed by atoms with Gasteiger partial charge < -0.3 is 28.4 Å². The Balaban J connectivity index is 4.58. The Bertz CT molecular complexity index is 671. The van der Waals surface area contributed by atoms with Crippen LogP contribution in [-0.2, 0) is 47.6 Å². The van der Waals surface area contributed by atoms with E-state index in [9.17, 15) is 19.2 Å². The molecule has 10 heteroatoms. The predicted molar refractivity (Wildman–Crippen MR) is 122 cm³/mol. The van der Waals surface area contributed by atoms with E-state index in [4.69, 9.17) is 28.4 Å². The van der Waals surface area contributed by atoms with Crippen LogP contribution in [0.4, 0.5) is 0 Å². The maximum absolute atomic E-state index is 12.4. The molecule has 0 bridgehead atoms. The molecular formula is C24H36O10. The molecular weight excluding hydrogens is 448 g/mol. The molecule has 1 atom stereocenters. The van der Waals surface area contributed by atoms with Crippen molar-refractivity contribution in [1.82, 2.24) is 0 Å². The maximum atomic E-state index is 12.4. The van der Waals surface area contributed by atoms with Crippen LogP contribution >= 0.6 is 0 Å². The van der Waals surface area contributed by atoms with Crippen molar-refractivity contribution in [1.29, 1.82) is 0 Å². The molecule has 0 spiro atoms. The maximum Gasteiger partial charge on any atom is 0.348 e. The standard InChI is InChI=1S/C24H36O10/c1-5-29-13-7-9-15-31-22(26)18-20(24(28)33-16-10-8-14-30-6-2)34-21(25)12-11-17-32-23(27)19(3)4/h5-6,20H,1-3,7-18H2,4H3. The molecule has 1 unspecified atom stereocenters. The number of carbonyl (C=O) groups is 4. The molecule has 0 N–H and O–H groups in total. The van der Waals surface area contributed by atoms with Crippen molar-refractivity contribution in [2.75, 3.05) is 33.0 Å². The van der Waals surface area contributed by atoms with Crippen LogP contribution in [0.15, 0.2) is 37.8 Å². The number of unbranched alkanes of at least 4 members (excludes halogenated alkanes) is 2. The summed E-state index contributed by atoms with van der Waals surface area (Å²) in [4.78, 5) is 48.0. The first-order valence-corrected chi connectivity index (χ1v) is 11.1. The molecule has 0 aromatic heterocycles. The lowest BCUT2D eigenvalue weighted by Crippen LogP contribution is -2.32. The Kier molecular flexibility index (Phi) is 18.3.